The molecule has 0 spiro atoms. The van der Waals surface area contributed by atoms with Crippen LogP contribution in [0.2, 0.25) is 0 Å². The lowest BCUT2D eigenvalue weighted by atomic mass is 9.83. The van der Waals surface area contributed by atoms with Crippen LogP contribution in [0.3, 0.4) is 0 Å². The van der Waals surface area contributed by atoms with E-state index in [9.17, 15) is 19.5 Å². The first-order valence-electron chi connectivity index (χ1n) is 15.0. The van der Waals surface area contributed by atoms with Gasteiger partial charge in [-0.15, -0.1) is 0 Å². The van der Waals surface area contributed by atoms with Gasteiger partial charge in [0.15, 0.2) is 0 Å². The summed E-state index contributed by atoms with van der Waals surface area (Å²) in [5.74, 6) is 0.104. The molecule has 3 aliphatic heterocycles. The highest BCUT2D eigenvalue weighted by atomic mass is 16.3. The van der Waals surface area contributed by atoms with Crippen LogP contribution in [0.4, 0.5) is 5.95 Å². The Morgan fingerprint density at radius 2 is 1.72 bits per heavy atom. The number of hydrogen-bond donors (Lipinski definition) is 3. The normalized spacial score (nSPS) is 20.3. The number of amides is 3. The molecule has 0 radical (unpaired) electrons. The van der Waals surface area contributed by atoms with E-state index in [0.717, 1.165) is 41.9 Å². The first-order chi connectivity index (χ1) is 20.7. The molecule has 0 saturated carbocycles. The zero-order valence-electron chi connectivity index (χ0n) is 24.7. The Labute approximate surface area is 251 Å². The molecule has 2 aromatic carbocycles. The summed E-state index contributed by atoms with van der Waals surface area (Å²) in [5, 5.41) is 17.2. The van der Waals surface area contributed by atoms with Crippen molar-refractivity contribution in [3.63, 3.8) is 0 Å². The smallest absolute Gasteiger partial charge is 0.255 e. The zero-order chi connectivity index (χ0) is 30.1. The summed E-state index contributed by atoms with van der Waals surface area (Å²) in [6.07, 6.45) is 5.47. The number of rotatable bonds is 8. The molecule has 0 bridgehead atoms. The van der Waals surface area contributed by atoms with Gasteiger partial charge in [0.05, 0.1) is 5.60 Å². The summed E-state index contributed by atoms with van der Waals surface area (Å²) in [7, 11) is 0. The first kappa shape index (κ1) is 28.9. The Bertz CT molecular complexity index is 1510. The number of aromatic nitrogens is 2. The van der Waals surface area contributed by atoms with Crippen LogP contribution in [-0.4, -0.2) is 61.7 Å². The summed E-state index contributed by atoms with van der Waals surface area (Å²) >= 11 is 0. The van der Waals surface area contributed by atoms with Crippen LogP contribution in [0.5, 0.6) is 0 Å². The van der Waals surface area contributed by atoms with Crippen LogP contribution in [0.15, 0.2) is 54.9 Å². The van der Waals surface area contributed by atoms with Gasteiger partial charge in [-0.1, -0.05) is 50.2 Å². The second kappa shape index (κ2) is 11.9. The maximum atomic E-state index is 13.0. The third-order valence-electron chi connectivity index (χ3n) is 8.96. The van der Waals surface area contributed by atoms with Crippen molar-refractivity contribution >= 4 is 23.7 Å². The van der Waals surface area contributed by atoms with E-state index in [1.165, 1.54) is 5.56 Å². The fraction of sp³-hybridized carbons (Fsp3) is 0.424. The molecule has 2 fully saturated rings. The van der Waals surface area contributed by atoms with E-state index in [-0.39, 0.29) is 18.2 Å². The van der Waals surface area contributed by atoms with E-state index in [1.807, 2.05) is 24.5 Å². The molecule has 4 heterocycles. The molecule has 10 nitrogen and oxygen atoms in total. The van der Waals surface area contributed by atoms with Crippen LogP contribution in [0, 0.1) is 0 Å². The largest absolute Gasteiger partial charge is 0.385 e. The van der Waals surface area contributed by atoms with E-state index < -0.39 is 17.6 Å². The van der Waals surface area contributed by atoms with Crippen molar-refractivity contribution in [2.24, 2.45) is 0 Å². The van der Waals surface area contributed by atoms with Gasteiger partial charge in [-0.25, -0.2) is 9.97 Å². The summed E-state index contributed by atoms with van der Waals surface area (Å²) in [6.45, 7) is 7.51. The van der Waals surface area contributed by atoms with Crippen LogP contribution in [0.1, 0.15) is 83.6 Å². The van der Waals surface area contributed by atoms with Gasteiger partial charge in [-0.2, -0.15) is 0 Å². The van der Waals surface area contributed by atoms with Gasteiger partial charge in [-0.3, -0.25) is 24.6 Å². The molecule has 1 atom stereocenters. The molecule has 43 heavy (non-hydrogen) atoms. The highest BCUT2D eigenvalue weighted by Crippen LogP contribution is 2.36. The maximum Gasteiger partial charge on any atom is 0.255 e. The van der Waals surface area contributed by atoms with Crippen LogP contribution in [-0.2, 0) is 34.8 Å². The lowest BCUT2D eigenvalue weighted by Gasteiger charge is -2.38. The maximum absolute atomic E-state index is 13.0. The molecule has 0 aliphatic carbocycles. The number of imide groups is 1. The van der Waals surface area contributed by atoms with E-state index >= 15 is 0 Å². The third-order valence-corrected chi connectivity index (χ3v) is 8.96. The molecule has 1 unspecified atom stereocenters. The van der Waals surface area contributed by atoms with Crippen molar-refractivity contribution in [3.8, 4) is 0 Å². The molecule has 3 amide bonds. The molecular weight excluding hydrogens is 544 g/mol. The second-order valence-electron chi connectivity index (χ2n) is 12.2. The number of carbonyl (C=O) groups excluding carboxylic acids is 3. The number of hydrogen-bond acceptors (Lipinski definition) is 8. The van der Waals surface area contributed by atoms with Gasteiger partial charge < -0.3 is 15.3 Å². The SMILES string of the molecule is CC(C)c1cnc(NCc2ccc(CN3CCC(O)(c4ccc5c(c4)CN(C4CCC(=O)NC4=O)C5=O)CC3)cc2)nc1. The average molecular weight is 583 g/mol. The van der Waals surface area contributed by atoms with Gasteiger partial charge in [0, 0.05) is 57.1 Å². The van der Waals surface area contributed by atoms with Gasteiger partial charge in [0.2, 0.25) is 17.8 Å². The minimum Gasteiger partial charge on any atom is -0.385 e. The Morgan fingerprint density at radius 1 is 1.02 bits per heavy atom. The third kappa shape index (κ3) is 6.16. The molecule has 2 saturated heterocycles. The Hall–Kier alpha value is -4.15. The van der Waals surface area contributed by atoms with Crippen LogP contribution < -0.4 is 10.6 Å². The highest BCUT2D eigenvalue weighted by molar-refractivity contribution is 6.05. The predicted octanol–water partition coefficient (Wildman–Crippen LogP) is 3.46. The van der Waals surface area contributed by atoms with E-state index in [1.54, 1.807) is 11.0 Å². The van der Waals surface area contributed by atoms with Crippen molar-refractivity contribution in [1.29, 1.82) is 0 Å². The Balaban J connectivity index is 1.02. The van der Waals surface area contributed by atoms with Crippen molar-refractivity contribution in [3.05, 3.63) is 88.2 Å². The Morgan fingerprint density at radius 3 is 2.40 bits per heavy atom. The summed E-state index contributed by atoms with van der Waals surface area (Å²) in [4.78, 5) is 49.7. The molecule has 3 aliphatic rings. The van der Waals surface area contributed by atoms with Crippen molar-refractivity contribution in [1.82, 2.24) is 25.1 Å². The minimum atomic E-state index is -0.971. The number of piperidine rings is 2. The Kier molecular flexibility index (Phi) is 7.98. The van der Waals surface area contributed by atoms with Crippen molar-refractivity contribution < 1.29 is 19.5 Å². The molecular formula is C33H38N6O4. The number of aliphatic hydroxyl groups is 1. The zero-order valence-corrected chi connectivity index (χ0v) is 24.7. The number of likely N-dealkylation sites (tertiary alicyclic amines) is 1. The van der Waals surface area contributed by atoms with Crippen molar-refractivity contribution in [2.45, 2.75) is 76.7 Å². The minimum absolute atomic E-state index is 0.201. The van der Waals surface area contributed by atoms with Crippen molar-refractivity contribution in [2.75, 3.05) is 18.4 Å². The average Bonchev–Trinajstić information content (AvgIpc) is 3.33. The van der Waals surface area contributed by atoms with Crippen LogP contribution >= 0.6 is 0 Å². The lowest BCUT2D eigenvalue weighted by Crippen LogP contribution is -2.52. The number of anilines is 1. The van der Waals surface area contributed by atoms with E-state index in [2.05, 4.69) is 63.6 Å². The number of carbonyl (C=O) groups is 3. The van der Waals surface area contributed by atoms with Gasteiger partial charge in [0.25, 0.3) is 5.91 Å². The van der Waals surface area contributed by atoms with Gasteiger partial charge in [-0.05, 0) is 59.1 Å². The number of fused-ring (bicyclic) bond motifs is 1. The fourth-order valence-electron chi connectivity index (χ4n) is 6.16. The summed E-state index contributed by atoms with van der Waals surface area (Å²) in [6, 6.07) is 13.4. The topological polar surface area (TPSA) is 128 Å². The molecule has 10 heteroatoms. The van der Waals surface area contributed by atoms with Gasteiger partial charge in [0.1, 0.15) is 6.04 Å². The number of nitrogens with one attached hydrogen (secondary N) is 2. The molecule has 3 aromatic rings. The lowest BCUT2D eigenvalue weighted by molar-refractivity contribution is -0.136. The van der Waals surface area contributed by atoms with Crippen LogP contribution in [0.25, 0.3) is 0 Å². The first-order valence-corrected chi connectivity index (χ1v) is 15.0. The highest BCUT2D eigenvalue weighted by Gasteiger charge is 2.40. The fourth-order valence-corrected chi connectivity index (χ4v) is 6.16. The second-order valence-corrected chi connectivity index (χ2v) is 12.2. The van der Waals surface area contributed by atoms with E-state index in [4.69, 9.17) is 0 Å². The summed E-state index contributed by atoms with van der Waals surface area (Å²) < 4.78 is 0. The number of nitrogens with zero attached hydrogens (tertiary/aromatic N) is 4. The van der Waals surface area contributed by atoms with Gasteiger partial charge >= 0.3 is 0 Å². The molecule has 224 valence electrons. The monoisotopic (exact) mass is 582 g/mol. The molecule has 3 N–H and O–H groups in total. The molecule has 6 rings (SSSR count). The summed E-state index contributed by atoms with van der Waals surface area (Å²) in [5.41, 5.74) is 4.70. The molecule has 1 aromatic heterocycles. The predicted molar refractivity (Wildman–Crippen MR) is 161 cm³/mol. The quantitative estimate of drug-likeness (QED) is 0.345. The van der Waals surface area contributed by atoms with E-state index in [0.29, 0.717) is 49.8 Å². The standard InChI is InChI=1S/C33H38N6O4/c1-21(2)25-17-35-32(36-18-25)34-16-22-3-5-23(6-4-22)19-38-13-11-33(43,12-14-38)26-7-8-27-24(15-26)20-39(31(27)42)28-9-10-29(40)37-30(28)41/h3-8,15,17-18,21,28,43H,9-14,16,19-20H2,1-2H3,(H,34,35,36)(H,37,40,41). The number of benzene rings is 2.